The standard InChI is InChI=1S/C26H25F3N2O4/c27-26(28,29)35-22-9-7-21(8-10-22)34-18-24(33)31-17-14-25(19-31)12-15-30(16-13-25)23(32)11-6-20-4-2-1-3-5-20/h1-5,7-10H,12-19H2. The first-order valence-corrected chi connectivity index (χ1v) is 11.3. The lowest BCUT2D eigenvalue weighted by molar-refractivity contribution is -0.274. The normalized spacial score (nSPS) is 17.0. The van der Waals surface area contributed by atoms with Crippen molar-refractivity contribution in [2.75, 3.05) is 32.8 Å². The Kier molecular flexibility index (Phi) is 7.20. The zero-order valence-corrected chi connectivity index (χ0v) is 19.0. The Bertz CT molecular complexity index is 1100. The number of carbonyl (C=O) groups excluding carboxylic acids is 2. The first-order chi connectivity index (χ1) is 16.7. The van der Waals surface area contributed by atoms with E-state index in [4.69, 9.17) is 4.74 Å². The summed E-state index contributed by atoms with van der Waals surface area (Å²) in [5.74, 6) is 5.18. The Balaban J connectivity index is 1.23. The summed E-state index contributed by atoms with van der Waals surface area (Å²) in [6.07, 6.45) is -2.29. The number of halogens is 3. The average molecular weight is 486 g/mol. The molecular formula is C26H25F3N2O4. The van der Waals surface area contributed by atoms with Gasteiger partial charge in [0.25, 0.3) is 11.8 Å². The zero-order valence-electron chi connectivity index (χ0n) is 19.0. The number of hydrogen-bond acceptors (Lipinski definition) is 4. The molecule has 2 saturated heterocycles. The first kappa shape index (κ1) is 24.5. The number of alkyl halides is 3. The fourth-order valence-corrected chi connectivity index (χ4v) is 4.44. The Labute approximate surface area is 201 Å². The second-order valence-corrected chi connectivity index (χ2v) is 8.78. The monoisotopic (exact) mass is 486 g/mol. The smallest absolute Gasteiger partial charge is 0.484 e. The minimum atomic E-state index is -4.76. The van der Waals surface area contributed by atoms with Gasteiger partial charge < -0.3 is 19.3 Å². The maximum absolute atomic E-state index is 12.6. The minimum absolute atomic E-state index is 0.0180. The van der Waals surface area contributed by atoms with Crippen LogP contribution in [0.1, 0.15) is 24.8 Å². The van der Waals surface area contributed by atoms with Crippen LogP contribution >= 0.6 is 0 Å². The maximum Gasteiger partial charge on any atom is 0.573 e. The van der Waals surface area contributed by atoms with Gasteiger partial charge in [-0.15, -0.1) is 13.2 Å². The Morgan fingerprint density at radius 3 is 2.11 bits per heavy atom. The molecule has 2 aromatic carbocycles. The molecule has 0 unspecified atom stereocenters. The highest BCUT2D eigenvalue weighted by Crippen LogP contribution is 2.40. The van der Waals surface area contributed by atoms with Gasteiger partial charge >= 0.3 is 6.36 Å². The van der Waals surface area contributed by atoms with Crippen LogP contribution in [0.25, 0.3) is 0 Å². The van der Waals surface area contributed by atoms with E-state index in [1.165, 1.54) is 12.1 Å². The van der Waals surface area contributed by atoms with E-state index < -0.39 is 6.36 Å². The number of hydrogen-bond donors (Lipinski definition) is 0. The van der Waals surface area contributed by atoms with Crippen molar-refractivity contribution < 1.29 is 32.2 Å². The number of nitrogens with zero attached hydrogens (tertiary/aromatic N) is 2. The third-order valence-corrected chi connectivity index (χ3v) is 6.41. The van der Waals surface area contributed by atoms with Crippen LogP contribution in [-0.2, 0) is 9.59 Å². The summed E-state index contributed by atoms with van der Waals surface area (Å²) in [5, 5.41) is 0. The number of rotatable bonds is 4. The van der Waals surface area contributed by atoms with E-state index in [1.807, 2.05) is 30.3 Å². The summed E-state index contributed by atoms with van der Waals surface area (Å²) in [4.78, 5) is 28.6. The molecule has 0 N–H and O–H groups in total. The quantitative estimate of drug-likeness (QED) is 0.616. The zero-order chi connectivity index (χ0) is 24.9. The van der Waals surface area contributed by atoms with Crippen molar-refractivity contribution >= 4 is 11.8 Å². The highest BCUT2D eigenvalue weighted by Gasteiger charge is 2.42. The summed E-state index contributed by atoms with van der Waals surface area (Å²) in [6, 6.07) is 14.3. The molecule has 35 heavy (non-hydrogen) atoms. The average Bonchev–Trinajstić information content (AvgIpc) is 3.25. The second kappa shape index (κ2) is 10.3. The van der Waals surface area contributed by atoms with E-state index in [2.05, 4.69) is 16.6 Å². The van der Waals surface area contributed by atoms with Crippen LogP contribution in [0.15, 0.2) is 54.6 Å². The van der Waals surface area contributed by atoms with Crippen molar-refractivity contribution in [3.05, 3.63) is 60.2 Å². The third-order valence-electron chi connectivity index (χ3n) is 6.41. The van der Waals surface area contributed by atoms with Crippen molar-refractivity contribution in [3.8, 4) is 23.3 Å². The summed E-state index contributed by atoms with van der Waals surface area (Å²) in [5.41, 5.74) is 0.780. The molecule has 2 aromatic rings. The number of piperidine rings is 1. The maximum atomic E-state index is 12.6. The fourth-order valence-electron chi connectivity index (χ4n) is 4.44. The van der Waals surface area contributed by atoms with Gasteiger partial charge in [0.15, 0.2) is 6.61 Å². The lowest BCUT2D eigenvalue weighted by Gasteiger charge is -2.38. The summed E-state index contributed by atoms with van der Waals surface area (Å²) in [7, 11) is 0. The molecule has 9 heteroatoms. The second-order valence-electron chi connectivity index (χ2n) is 8.78. The van der Waals surface area contributed by atoms with E-state index in [0.717, 1.165) is 37.0 Å². The van der Waals surface area contributed by atoms with Crippen molar-refractivity contribution in [1.29, 1.82) is 0 Å². The molecule has 0 aromatic heterocycles. The predicted molar refractivity (Wildman–Crippen MR) is 121 cm³/mol. The molecule has 2 amide bonds. The van der Waals surface area contributed by atoms with Crippen LogP contribution in [0, 0.1) is 17.3 Å². The lowest BCUT2D eigenvalue weighted by Crippen LogP contribution is -2.44. The van der Waals surface area contributed by atoms with Gasteiger partial charge in [-0.1, -0.05) is 24.1 Å². The van der Waals surface area contributed by atoms with Crippen molar-refractivity contribution in [1.82, 2.24) is 9.80 Å². The molecule has 4 rings (SSSR count). The van der Waals surface area contributed by atoms with Crippen LogP contribution in [0.3, 0.4) is 0 Å². The van der Waals surface area contributed by atoms with E-state index >= 15 is 0 Å². The molecular weight excluding hydrogens is 461 g/mol. The molecule has 0 radical (unpaired) electrons. The van der Waals surface area contributed by atoms with Gasteiger partial charge in [-0.2, -0.15) is 0 Å². The highest BCUT2D eigenvalue weighted by molar-refractivity contribution is 5.94. The number of amides is 2. The topological polar surface area (TPSA) is 59.1 Å². The number of ether oxygens (including phenoxy) is 2. The Morgan fingerprint density at radius 2 is 1.49 bits per heavy atom. The molecule has 2 fully saturated rings. The summed E-state index contributed by atoms with van der Waals surface area (Å²) < 4.78 is 46.0. The first-order valence-electron chi connectivity index (χ1n) is 11.3. The van der Waals surface area contributed by atoms with Crippen molar-refractivity contribution in [2.45, 2.75) is 25.6 Å². The summed E-state index contributed by atoms with van der Waals surface area (Å²) >= 11 is 0. The van der Waals surface area contributed by atoms with Gasteiger partial charge in [0.1, 0.15) is 11.5 Å². The fraction of sp³-hybridized carbons (Fsp3) is 0.385. The van der Waals surface area contributed by atoms with Gasteiger partial charge in [-0.3, -0.25) is 9.59 Å². The summed E-state index contributed by atoms with van der Waals surface area (Å²) in [6.45, 7) is 2.23. The predicted octanol–water partition coefficient (Wildman–Crippen LogP) is 3.86. The van der Waals surface area contributed by atoms with Gasteiger partial charge in [0, 0.05) is 37.7 Å². The molecule has 2 aliphatic heterocycles. The number of benzene rings is 2. The van der Waals surface area contributed by atoms with Gasteiger partial charge in [0.2, 0.25) is 0 Å². The minimum Gasteiger partial charge on any atom is -0.484 e. The molecule has 0 aliphatic carbocycles. The number of carbonyl (C=O) groups is 2. The number of likely N-dealkylation sites (tertiary alicyclic amines) is 2. The van der Waals surface area contributed by atoms with Gasteiger partial charge in [-0.05, 0) is 61.1 Å². The molecule has 184 valence electrons. The van der Waals surface area contributed by atoms with Crippen LogP contribution < -0.4 is 9.47 Å². The largest absolute Gasteiger partial charge is 0.573 e. The highest BCUT2D eigenvalue weighted by atomic mass is 19.4. The van der Waals surface area contributed by atoms with Crippen molar-refractivity contribution in [2.24, 2.45) is 5.41 Å². The molecule has 6 nitrogen and oxygen atoms in total. The van der Waals surface area contributed by atoms with Crippen molar-refractivity contribution in [3.63, 3.8) is 0 Å². The molecule has 0 atom stereocenters. The molecule has 1 spiro atoms. The Hall–Kier alpha value is -3.67. The van der Waals surface area contributed by atoms with Crippen LogP contribution in [0.2, 0.25) is 0 Å². The van der Waals surface area contributed by atoms with E-state index in [9.17, 15) is 22.8 Å². The van der Waals surface area contributed by atoms with Gasteiger partial charge in [0.05, 0.1) is 0 Å². The van der Waals surface area contributed by atoms with E-state index in [1.54, 1.807) is 9.80 Å². The molecule has 2 aliphatic rings. The SMILES string of the molecule is O=C(C#Cc1ccccc1)N1CCC2(CC1)CCN(C(=O)COc1ccc(OC(F)(F)F)cc1)C2. The Morgan fingerprint density at radius 1 is 0.886 bits per heavy atom. The van der Waals surface area contributed by atoms with Crippen LogP contribution in [0.4, 0.5) is 13.2 Å². The molecule has 0 saturated carbocycles. The lowest BCUT2D eigenvalue weighted by atomic mass is 9.78. The third kappa shape index (κ3) is 6.69. The molecule has 2 heterocycles. The van der Waals surface area contributed by atoms with Crippen LogP contribution in [0.5, 0.6) is 11.5 Å². The van der Waals surface area contributed by atoms with E-state index in [-0.39, 0.29) is 35.3 Å². The van der Waals surface area contributed by atoms with Gasteiger partial charge in [-0.25, -0.2) is 0 Å². The molecule has 0 bridgehead atoms. The van der Waals surface area contributed by atoms with Crippen LogP contribution in [-0.4, -0.2) is 60.8 Å². The van der Waals surface area contributed by atoms with E-state index in [0.29, 0.717) is 26.2 Å².